The molecule has 5 nitrogen and oxygen atoms in total. The third kappa shape index (κ3) is 4.40. The molecular weight excluding hydrogens is 398 g/mol. The van der Waals surface area contributed by atoms with Gasteiger partial charge in [0, 0.05) is 18.1 Å². The van der Waals surface area contributed by atoms with Crippen molar-refractivity contribution in [2.45, 2.75) is 38.5 Å². The summed E-state index contributed by atoms with van der Waals surface area (Å²) in [5.41, 5.74) is 2.97. The third-order valence-corrected chi connectivity index (χ3v) is 7.21. The summed E-state index contributed by atoms with van der Waals surface area (Å²) in [6.45, 7) is 6.42. The second kappa shape index (κ2) is 8.23. The van der Waals surface area contributed by atoms with E-state index in [4.69, 9.17) is 16.3 Å². The predicted molar refractivity (Wildman–Crippen MR) is 109 cm³/mol. The molecule has 0 unspecified atom stereocenters. The maximum absolute atomic E-state index is 12.8. The standard InChI is InChI=1S/C21H24ClNO4S/c1-14-12-15(2)20(16(3)13-14)27-21(24)17-8-10-23(11-9-17)28(25,26)19-6-4-18(22)5-7-19/h4-7,12-13,17H,8-11H2,1-3H3. The van der Waals surface area contributed by atoms with E-state index in [1.54, 1.807) is 12.1 Å². The number of carbonyl (C=O) groups is 1. The van der Waals surface area contributed by atoms with Crippen molar-refractivity contribution in [2.24, 2.45) is 5.92 Å². The highest BCUT2D eigenvalue weighted by Crippen LogP contribution is 2.29. The Morgan fingerprint density at radius 2 is 1.57 bits per heavy atom. The van der Waals surface area contributed by atoms with Crippen LogP contribution in [0.2, 0.25) is 5.02 Å². The lowest BCUT2D eigenvalue weighted by Gasteiger charge is -2.30. The van der Waals surface area contributed by atoms with Crippen molar-refractivity contribution in [3.8, 4) is 5.75 Å². The van der Waals surface area contributed by atoms with Gasteiger partial charge in [-0.3, -0.25) is 4.79 Å². The Kier molecular flexibility index (Phi) is 6.12. The fraction of sp³-hybridized carbons (Fsp3) is 0.381. The van der Waals surface area contributed by atoms with Crippen LogP contribution in [0.4, 0.5) is 0 Å². The average Bonchev–Trinajstić information content (AvgIpc) is 2.65. The summed E-state index contributed by atoms with van der Waals surface area (Å²) in [5, 5.41) is 0.488. The first-order valence-electron chi connectivity index (χ1n) is 9.24. The van der Waals surface area contributed by atoms with Crippen LogP contribution in [0, 0.1) is 26.7 Å². The average molecular weight is 422 g/mol. The molecule has 28 heavy (non-hydrogen) atoms. The molecule has 2 aromatic carbocycles. The van der Waals surface area contributed by atoms with Gasteiger partial charge in [-0.05, 0) is 69.0 Å². The SMILES string of the molecule is Cc1cc(C)c(OC(=O)C2CCN(S(=O)(=O)c3ccc(Cl)cc3)CC2)c(C)c1. The van der Waals surface area contributed by atoms with Gasteiger partial charge in [0.2, 0.25) is 10.0 Å². The van der Waals surface area contributed by atoms with Crippen LogP contribution >= 0.6 is 11.6 Å². The smallest absolute Gasteiger partial charge is 0.314 e. The van der Waals surface area contributed by atoms with Crippen molar-refractivity contribution < 1.29 is 17.9 Å². The Morgan fingerprint density at radius 1 is 1.04 bits per heavy atom. The normalized spacial score (nSPS) is 16.1. The molecule has 0 amide bonds. The van der Waals surface area contributed by atoms with Crippen molar-refractivity contribution in [3.05, 3.63) is 58.1 Å². The van der Waals surface area contributed by atoms with E-state index < -0.39 is 10.0 Å². The predicted octanol–water partition coefficient (Wildman–Crippen LogP) is 4.27. The quantitative estimate of drug-likeness (QED) is 0.546. The highest BCUT2D eigenvalue weighted by Gasteiger charge is 2.33. The van der Waals surface area contributed by atoms with Gasteiger partial charge < -0.3 is 4.74 Å². The molecule has 1 aliphatic rings. The molecule has 1 aliphatic heterocycles. The first kappa shape index (κ1) is 20.8. The number of benzene rings is 2. The Labute approximate surface area is 171 Å². The lowest BCUT2D eigenvalue weighted by atomic mass is 9.98. The van der Waals surface area contributed by atoms with Gasteiger partial charge in [0.15, 0.2) is 0 Å². The van der Waals surface area contributed by atoms with Crippen molar-refractivity contribution in [3.63, 3.8) is 0 Å². The molecule has 3 rings (SSSR count). The van der Waals surface area contributed by atoms with E-state index in [1.165, 1.54) is 16.4 Å². The summed E-state index contributed by atoms with van der Waals surface area (Å²) in [6, 6.07) is 10.1. The molecule has 1 fully saturated rings. The van der Waals surface area contributed by atoms with E-state index in [-0.39, 0.29) is 29.9 Å². The van der Waals surface area contributed by atoms with Crippen molar-refractivity contribution in [1.29, 1.82) is 0 Å². The van der Waals surface area contributed by atoms with Crippen LogP contribution < -0.4 is 4.74 Å². The van der Waals surface area contributed by atoms with Gasteiger partial charge in [0.05, 0.1) is 10.8 Å². The Hall–Kier alpha value is -1.89. The molecule has 0 aromatic heterocycles. The van der Waals surface area contributed by atoms with Crippen molar-refractivity contribution in [2.75, 3.05) is 13.1 Å². The third-order valence-electron chi connectivity index (χ3n) is 5.05. The van der Waals surface area contributed by atoms with E-state index in [0.29, 0.717) is 23.6 Å². The summed E-state index contributed by atoms with van der Waals surface area (Å²) in [7, 11) is -3.58. The zero-order chi connectivity index (χ0) is 20.5. The fourth-order valence-electron chi connectivity index (χ4n) is 3.60. The van der Waals surface area contributed by atoms with Gasteiger partial charge in [-0.1, -0.05) is 29.3 Å². The van der Waals surface area contributed by atoms with Gasteiger partial charge in [0.1, 0.15) is 5.75 Å². The molecule has 0 atom stereocenters. The van der Waals surface area contributed by atoms with Crippen LogP contribution in [0.15, 0.2) is 41.3 Å². The topological polar surface area (TPSA) is 63.7 Å². The first-order chi connectivity index (χ1) is 13.2. The van der Waals surface area contributed by atoms with Crippen LogP contribution in [0.1, 0.15) is 29.5 Å². The highest BCUT2D eigenvalue weighted by molar-refractivity contribution is 7.89. The number of carbonyl (C=O) groups excluding carboxylic acids is 1. The van der Waals surface area contributed by atoms with E-state index in [1.807, 2.05) is 32.9 Å². The highest BCUT2D eigenvalue weighted by atomic mass is 35.5. The number of halogens is 1. The number of aryl methyl sites for hydroxylation is 3. The molecule has 2 aromatic rings. The number of nitrogens with zero attached hydrogens (tertiary/aromatic N) is 1. The molecule has 0 bridgehead atoms. The minimum absolute atomic E-state index is 0.212. The van der Waals surface area contributed by atoms with Gasteiger partial charge in [-0.25, -0.2) is 8.42 Å². The lowest BCUT2D eigenvalue weighted by molar-refractivity contribution is -0.140. The largest absolute Gasteiger partial charge is 0.426 e. The number of ether oxygens (including phenoxy) is 1. The number of hydrogen-bond acceptors (Lipinski definition) is 4. The molecule has 1 saturated heterocycles. The van der Waals surface area contributed by atoms with Crippen LogP contribution in [0.3, 0.4) is 0 Å². The van der Waals surface area contributed by atoms with Gasteiger partial charge in [-0.15, -0.1) is 0 Å². The minimum Gasteiger partial charge on any atom is -0.426 e. The second-order valence-electron chi connectivity index (χ2n) is 7.28. The molecule has 0 N–H and O–H groups in total. The number of hydrogen-bond donors (Lipinski definition) is 0. The van der Waals surface area contributed by atoms with E-state index in [2.05, 4.69) is 0 Å². The second-order valence-corrected chi connectivity index (χ2v) is 9.66. The molecule has 150 valence electrons. The summed E-state index contributed by atoms with van der Waals surface area (Å²) < 4.78 is 32.6. The number of esters is 1. The Bertz CT molecular complexity index is 955. The number of piperidine rings is 1. The van der Waals surface area contributed by atoms with Crippen LogP contribution in [-0.2, 0) is 14.8 Å². The van der Waals surface area contributed by atoms with Crippen LogP contribution in [0.25, 0.3) is 0 Å². The van der Waals surface area contributed by atoms with Crippen LogP contribution in [0.5, 0.6) is 5.75 Å². The monoisotopic (exact) mass is 421 g/mol. The molecule has 0 saturated carbocycles. The zero-order valence-electron chi connectivity index (χ0n) is 16.2. The minimum atomic E-state index is -3.58. The van der Waals surface area contributed by atoms with Crippen molar-refractivity contribution >= 4 is 27.6 Å². The maximum Gasteiger partial charge on any atom is 0.314 e. The number of sulfonamides is 1. The molecule has 0 aliphatic carbocycles. The molecule has 1 heterocycles. The summed E-state index contributed by atoms with van der Waals surface area (Å²) in [6.07, 6.45) is 0.880. The molecule has 0 radical (unpaired) electrons. The first-order valence-corrected chi connectivity index (χ1v) is 11.1. The molecule has 7 heteroatoms. The lowest BCUT2D eigenvalue weighted by Crippen LogP contribution is -2.41. The Morgan fingerprint density at radius 3 is 2.11 bits per heavy atom. The molecule has 0 spiro atoms. The van der Waals surface area contributed by atoms with E-state index >= 15 is 0 Å². The van der Waals surface area contributed by atoms with Gasteiger partial charge in [-0.2, -0.15) is 4.31 Å². The maximum atomic E-state index is 12.8. The zero-order valence-corrected chi connectivity index (χ0v) is 17.8. The van der Waals surface area contributed by atoms with E-state index in [9.17, 15) is 13.2 Å². The summed E-state index contributed by atoms with van der Waals surface area (Å²) in [4.78, 5) is 12.8. The van der Waals surface area contributed by atoms with Crippen LogP contribution in [-0.4, -0.2) is 31.8 Å². The van der Waals surface area contributed by atoms with Gasteiger partial charge in [0.25, 0.3) is 0 Å². The summed E-state index contributed by atoms with van der Waals surface area (Å²) in [5.74, 6) is 0.00202. The number of rotatable bonds is 4. The fourth-order valence-corrected chi connectivity index (χ4v) is 5.19. The Balaban J connectivity index is 1.65. The van der Waals surface area contributed by atoms with E-state index in [0.717, 1.165) is 16.7 Å². The van der Waals surface area contributed by atoms with Crippen molar-refractivity contribution in [1.82, 2.24) is 4.31 Å². The van der Waals surface area contributed by atoms with Gasteiger partial charge >= 0.3 is 5.97 Å². The molecular formula is C21H24ClNO4S. The summed E-state index contributed by atoms with van der Waals surface area (Å²) >= 11 is 5.84.